The summed E-state index contributed by atoms with van der Waals surface area (Å²) in [5.74, 6) is 1.80. The monoisotopic (exact) mass is 281 g/mol. The predicted octanol–water partition coefficient (Wildman–Crippen LogP) is 3.97. The van der Waals surface area contributed by atoms with E-state index < -0.39 is 0 Å². The molecule has 1 saturated heterocycles. The minimum Gasteiger partial charge on any atom is -0.356 e. The number of hydrogen-bond acceptors (Lipinski definition) is 4. The van der Waals surface area contributed by atoms with Gasteiger partial charge in [0.05, 0.1) is 5.39 Å². The summed E-state index contributed by atoms with van der Waals surface area (Å²) in [7, 11) is 0. The van der Waals surface area contributed by atoms with E-state index in [-0.39, 0.29) is 0 Å². The lowest BCUT2D eigenvalue weighted by Gasteiger charge is -2.33. The number of fused-ring (bicyclic) bond motifs is 1. The predicted molar refractivity (Wildman–Crippen MR) is 77.7 cm³/mol. The van der Waals surface area contributed by atoms with Crippen LogP contribution in [0.5, 0.6) is 0 Å². The van der Waals surface area contributed by atoms with E-state index in [0.717, 1.165) is 35.0 Å². The molecule has 0 spiro atoms. The van der Waals surface area contributed by atoms with Gasteiger partial charge in [-0.2, -0.15) is 4.98 Å². The SMILES string of the molecule is CCC1CCCN(c2nc(Cl)nc3sccc23)C1. The van der Waals surface area contributed by atoms with Crippen molar-refractivity contribution in [1.29, 1.82) is 0 Å². The lowest BCUT2D eigenvalue weighted by atomic mass is 9.95. The molecule has 0 bridgehead atoms. The Morgan fingerprint density at radius 2 is 2.39 bits per heavy atom. The molecule has 0 saturated carbocycles. The lowest BCUT2D eigenvalue weighted by Crippen LogP contribution is -2.35. The van der Waals surface area contributed by atoms with Crippen molar-refractivity contribution in [1.82, 2.24) is 9.97 Å². The van der Waals surface area contributed by atoms with Crippen molar-refractivity contribution in [3.8, 4) is 0 Å². The van der Waals surface area contributed by atoms with E-state index in [0.29, 0.717) is 5.28 Å². The number of rotatable bonds is 2. The molecular weight excluding hydrogens is 266 g/mol. The first-order valence-electron chi connectivity index (χ1n) is 6.43. The largest absolute Gasteiger partial charge is 0.356 e. The zero-order chi connectivity index (χ0) is 12.5. The first-order valence-corrected chi connectivity index (χ1v) is 7.69. The number of thiophene rings is 1. The maximum absolute atomic E-state index is 6.03. The summed E-state index contributed by atoms with van der Waals surface area (Å²) in [6.07, 6.45) is 3.81. The van der Waals surface area contributed by atoms with E-state index in [4.69, 9.17) is 11.6 Å². The number of anilines is 1. The molecule has 5 heteroatoms. The van der Waals surface area contributed by atoms with Gasteiger partial charge in [-0.05, 0) is 41.8 Å². The van der Waals surface area contributed by atoms with Crippen molar-refractivity contribution in [2.45, 2.75) is 26.2 Å². The number of halogens is 1. The minimum absolute atomic E-state index is 0.360. The first-order chi connectivity index (χ1) is 8.78. The molecule has 3 nitrogen and oxygen atoms in total. The third-order valence-corrected chi connectivity index (χ3v) is 4.65. The number of aromatic nitrogens is 2. The zero-order valence-electron chi connectivity index (χ0n) is 10.4. The van der Waals surface area contributed by atoms with Crippen LogP contribution >= 0.6 is 22.9 Å². The van der Waals surface area contributed by atoms with Crippen molar-refractivity contribution >= 4 is 39.0 Å². The Labute approximate surface area is 116 Å². The van der Waals surface area contributed by atoms with Crippen LogP contribution < -0.4 is 4.90 Å². The second-order valence-corrected chi connectivity index (χ2v) is 6.05. The summed E-state index contributed by atoms with van der Waals surface area (Å²) < 4.78 is 0. The molecule has 1 fully saturated rings. The topological polar surface area (TPSA) is 29.0 Å². The number of piperidine rings is 1. The standard InChI is InChI=1S/C13H16ClN3S/c1-2-9-4-3-6-17(8-9)11-10-5-7-18-12(10)16-13(14)15-11/h5,7,9H,2-4,6,8H2,1H3. The quantitative estimate of drug-likeness (QED) is 0.780. The molecule has 96 valence electrons. The Kier molecular flexibility index (Phi) is 3.39. The highest BCUT2D eigenvalue weighted by atomic mass is 35.5. The van der Waals surface area contributed by atoms with E-state index in [2.05, 4.69) is 33.2 Å². The van der Waals surface area contributed by atoms with Crippen LogP contribution in [0.4, 0.5) is 5.82 Å². The summed E-state index contributed by atoms with van der Waals surface area (Å²) in [6.45, 7) is 4.44. The molecule has 3 rings (SSSR count). The smallest absolute Gasteiger partial charge is 0.225 e. The van der Waals surface area contributed by atoms with Gasteiger partial charge in [0.1, 0.15) is 10.6 Å². The average Bonchev–Trinajstić information content (AvgIpc) is 2.85. The van der Waals surface area contributed by atoms with E-state index in [1.54, 1.807) is 11.3 Å². The molecule has 0 amide bonds. The average molecular weight is 282 g/mol. The molecule has 0 N–H and O–H groups in total. The van der Waals surface area contributed by atoms with Crippen LogP contribution in [0.3, 0.4) is 0 Å². The van der Waals surface area contributed by atoms with Crippen LogP contribution in [-0.2, 0) is 0 Å². The zero-order valence-corrected chi connectivity index (χ0v) is 12.0. The summed E-state index contributed by atoms with van der Waals surface area (Å²) in [5, 5.41) is 3.56. The summed E-state index contributed by atoms with van der Waals surface area (Å²) >= 11 is 7.65. The molecule has 1 unspecified atom stereocenters. The van der Waals surface area contributed by atoms with Gasteiger partial charge in [-0.15, -0.1) is 11.3 Å². The minimum atomic E-state index is 0.360. The van der Waals surface area contributed by atoms with Crippen molar-refractivity contribution in [2.24, 2.45) is 5.92 Å². The fourth-order valence-corrected chi connectivity index (χ4v) is 3.62. The van der Waals surface area contributed by atoms with Crippen LogP contribution in [0.25, 0.3) is 10.2 Å². The fourth-order valence-electron chi connectivity index (χ4n) is 2.65. The molecular formula is C13H16ClN3S. The van der Waals surface area contributed by atoms with E-state index in [1.165, 1.54) is 19.3 Å². The highest BCUT2D eigenvalue weighted by Crippen LogP contribution is 2.32. The lowest BCUT2D eigenvalue weighted by molar-refractivity contribution is 0.403. The van der Waals surface area contributed by atoms with E-state index >= 15 is 0 Å². The molecule has 1 atom stereocenters. The van der Waals surface area contributed by atoms with Crippen LogP contribution in [0.15, 0.2) is 11.4 Å². The molecule has 18 heavy (non-hydrogen) atoms. The van der Waals surface area contributed by atoms with Crippen LogP contribution in [-0.4, -0.2) is 23.1 Å². The van der Waals surface area contributed by atoms with Crippen molar-refractivity contribution in [3.63, 3.8) is 0 Å². The highest BCUT2D eigenvalue weighted by molar-refractivity contribution is 7.16. The van der Waals surface area contributed by atoms with Crippen molar-refractivity contribution < 1.29 is 0 Å². The second-order valence-electron chi connectivity index (χ2n) is 4.82. The Bertz CT molecular complexity index is 554. The van der Waals surface area contributed by atoms with Crippen LogP contribution in [0, 0.1) is 5.92 Å². The van der Waals surface area contributed by atoms with Gasteiger partial charge in [-0.3, -0.25) is 0 Å². The molecule has 0 radical (unpaired) electrons. The molecule has 1 aliphatic heterocycles. The first kappa shape index (κ1) is 12.2. The molecule has 0 aliphatic carbocycles. The number of hydrogen-bond donors (Lipinski definition) is 0. The second kappa shape index (κ2) is 5.02. The molecule has 2 aromatic rings. The van der Waals surface area contributed by atoms with Gasteiger partial charge in [0.15, 0.2) is 0 Å². The van der Waals surface area contributed by atoms with Gasteiger partial charge in [-0.25, -0.2) is 4.98 Å². The molecule has 1 aliphatic rings. The summed E-state index contributed by atoms with van der Waals surface area (Å²) in [4.78, 5) is 12.1. The van der Waals surface area contributed by atoms with E-state index in [9.17, 15) is 0 Å². The van der Waals surface area contributed by atoms with E-state index in [1.807, 2.05) is 0 Å². The van der Waals surface area contributed by atoms with Crippen LogP contribution in [0.1, 0.15) is 26.2 Å². The van der Waals surface area contributed by atoms with Gasteiger partial charge < -0.3 is 4.90 Å². The van der Waals surface area contributed by atoms with Gasteiger partial charge in [0.2, 0.25) is 5.28 Å². The third kappa shape index (κ3) is 2.19. The highest BCUT2D eigenvalue weighted by Gasteiger charge is 2.22. The maximum Gasteiger partial charge on any atom is 0.225 e. The number of nitrogens with zero attached hydrogens (tertiary/aromatic N) is 3. The normalized spacial score (nSPS) is 20.6. The van der Waals surface area contributed by atoms with Crippen molar-refractivity contribution in [2.75, 3.05) is 18.0 Å². The summed E-state index contributed by atoms with van der Waals surface area (Å²) in [6, 6.07) is 2.10. The van der Waals surface area contributed by atoms with Gasteiger partial charge >= 0.3 is 0 Å². The Morgan fingerprint density at radius 3 is 3.22 bits per heavy atom. The van der Waals surface area contributed by atoms with Crippen molar-refractivity contribution in [3.05, 3.63) is 16.7 Å². The molecule has 3 heterocycles. The van der Waals surface area contributed by atoms with Gasteiger partial charge in [-0.1, -0.05) is 13.3 Å². The maximum atomic E-state index is 6.03. The Hall–Kier alpha value is -0.870. The van der Waals surface area contributed by atoms with Crippen LogP contribution in [0.2, 0.25) is 5.28 Å². The third-order valence-electron chi connectivity index (χ3n) is 3.67. The molecule has 0 aromatic carbocycles. The fraction of sp³-hybridized carbons (Fsp3) is 0.538. The Balaban J connectivity index is 2.00. The van der Waals surface area contributed by atoms with Gasteiger partial charge in [0, 0.05) is 13.1 Å². The van der Waals surface area contributed by atoms with Gasteiger partial charge in [0.25, 0.3) is 0 Å². The molecule has 2 aromatic heterocycles. The summed E-state index contributed by atoms with van der Waals surface area (Å²) in [5.41, 5.74) is 0. The Morgan fingerprint density at radius 1 is 1.50 bits per heavy atom.